The van der Waals surface area contributed by atoms with Crippen LogP contribution in [0.15, 0.2) is 24.3 Å². The third-order valence-electron chi connectivity index (χ3n) is 8.76. The molecule has 0 bridgehead atoms. The normalized spacial score (nSPS) is 23.9. The predicted octanol–water partition coefficient (Wildman–Crippen LogP) is 4.13. The lowest BCUT2D eigenvalue weighted by atomic mass is 9.73. The molecule has 35 heavy (non-hydrogen) atoms. The molecule has 6 nitrogen and oxygen atoms in total. The van der Waals surface area contributed by atoms with Gasteiger partial charge in [0.2, 0.25) is 11.8 Å². The number of benzene rings is 1. The van der Waals surface area contributed by atoms with Crippen LogP contribution in [0.2, 0.25) is 0 Å². The number of likely N-dealkylation sites (tertiary alicyclic amines) is 2. The van der Waals surface area contributed by atoms with Crippen molar-refractivity contribution in [3.63, 3.8) is 0 Å². The van der Waals surface area contributed by atoms with Crippen molar-refractivity contribution in [2.45, 2.75) is 70.6 Å². The summed E-state index contributed by atoms with van der Waals surface area (Å²) in [5, 5.41) is 0. The first kappa shape index (κ1) is 24.6. The SMILES string of the molecule is O=C1CCCN1CCC(=O)N1CCC2(CCCCc3ccccc3OCCN(CC3CC3)C2)CC1. The molecule has 1 aromatic carbocycles. The van der Waals surface area contributed by atoms with Gasteiger partial charge >= 0.3 is 0 Å². The zero-order valence-corrected chi connectivity index (χ0v) is 21.4. The van der Waals surface area contributed by atoms with Gasteiger partial charge in [-0.15, -0.1) is 0 Å². The lowest BCUT2D eigenvalue weighted by Crippen LogP contribution is -2.49. The molecule has 1 saturated carbocycles. The van der Waals surface area contributed by atoms with Gasteiger partial charge in [0.05, 0.1) is 0 Å². The second-order valence-corrected chi connectivity index (χ2v) is 11.5. The Balaban J connectivity index is 1.20. The quantitative estimate of drug-likeness (QED) is 0.635. The van der Waals surface area contributed by atoms with Crippen LogP contribution in [0.4, 0.5) is 0 Å². The minimum atomic E-state index is 0.214. The molecule has 1 aromatic rings. The van der Waals surface area contributed by atoms with Gasteiger partial charge in [-0.1, -0.05) is 24.6 Å². The topological polar surface area (TPSA) is 53.1 Å². The molecule has 192 valence electrons. The molecule has 3 heterocycles. The highest BCUT2D eigenvalue weighted by molar-refractivity contribution is 5.80. The molecule has 0 aromatic heterocycles. The van der Waals surface area contributed by atoms with Gasteiger partial charge in [-0.05, 0) is 74.3 Å². The first-order valence-corrected chi connectivity index (χ1v) is 14.1. The molecule has 2 saturated heterocycles. The van der Waals surface area contributed by atoms with Crippen LogP contribution in [0.3, 0.4) is 0 Å². The summed E-state index contributed by atoms with van der Waals surface area (Å²) in [7, 11) is 0. The van der Waals surface area contributed by atoms with Crippen molar-refractivity contribution in [2.75, 3.05) is 52.4 Å². The van der Waals surface area contributed by atoms with E-state index in [9.17, 15) is 9.59 Å². The van der Waals surface area contributed by atoms with E-state index in [4.69, 9.17) is 4.74 Å². The van der Waals surface area contributed by atoms with E-state index in [2.05, 4.69) is 34.1 Å². The monoisotopic (exact) mass is 481 g/mol. The molecule has 6 heteroatoms. The van der Waals surface area contributed by atoms with Crippen molar-refractivity contribution in [1.29, 1.82) is 0 Å². The number of aryl methyl sites for hydroxylation is 1. The van der Waals surface area contributed by atoms with E-state index in [0.29, 0.717) is 24.8 Å². The van der Waals surface area contributed by atoms with Crippen LogP contribution in [0.1, 0.15) is 69.8 Å². The van der Waals surface area contributed by atoms with Crippen molar-refractivity contribution >= 4 is 11.8 Å². The summed E-state index contributed by atoms with van der Waals surface area (Å²) in [6, 6.07) is 8.56. The molecule has 5 rings (SSSR count). The van der Waals surface area contributed by atoms with E-state index < -0.39 is 0 Å². The van der Waals surface area contributed by atoms with Gasteiger partial charge in [-0.25, -0.2) is 0 Å². The van der Waals surface area contributed by atoms with E-state index in [1.54, 1.807) is 0 Å². The molecule has 0 unspecified atom stereocenters. The average Bonchev–Trinajstić information content (AvgIpc) is 3.59. The Morgan fingerprint density at radius 2 is 1.80 bits per heavy atom. The van der Waals surface area contributed by atoms with Crippen LogP contribution in [-0.2, 0) is 16.0 Å². The number of carbonyl (C=O) groups is 2. The van der Waals surface area contributed by atoms with Crippen molar-refractivity contribution < 1.29 is 14.3 Å². The number of para-hydroxylation sites is 1. The van der Waals surface area contributed by atoms with E-state index in [1.807, 2.05) is 4.90 Å². The van der Waals surface area contributed by atoms with Crippen molar-refractivity contribution in [3.05, 3.63) is 29.8 Å². The summed E-state index contributed by atoms with van der Waals surface area (Å²) in [6.45, 7) is 7.21. The van der Waals surface area contributed by atoms with E-state index in [1.165, 1.54) is 44.2 Å². The minimum absolute atomic E-state index is 0.214. The minimum Gasteiger partial charge on any atom is -0.492 e. The number of nitrogens with zero attached hydrogens (tertiary/aromatic N) is 3. The Morgan fingerprint density at radius 3 is 2.57 bits per heavy atom. The smallest absolute Gasteiger partial charge is 0.224 e. The second kappa shape index (κ2) is 11.3. The summed E-state index contributed by atoms with van der Waals surface area (Å²) in [5.41, 5.74) is 1.64. The van der Waals surface area contributed by atoms with Crippen LogP contribution in [0, 0.1) is 11.3 Å². The summed E-state index contributed by atoms with van der Waals surface area (Å²) in [4.78, 5) is 31.4. The number of hydrogen-bond donors (Lipinski definition) is 0. The third kappa shape index (κ3) is 6.58. The number of amides is 2. The Morgan fingerprint density at radius 1 is 0.971 bits per heavy atom. The predicted molar refractivity (Wildman–Crippen MR) is 137 cm³/mol. The zero-order chi connectivity index (χ0) is 24.1. The highest BCUT2D eigenvalue weighted by Crippen LogP contribution is 2.40. The number of ether oxygens (including phenoxy) is 1. The maximum atomic E-state index is 12.9. The molecular weight excluding hydrogens is 438 g/mol. The van der Waals surface area contributed by atoms with Crippen molar-refractivity contribution in [3.8, 4) is 5.75 Å². The number of fused-ring (bicyclic) bond motifs is 1. The van der Waals surface area contributed by atoms with Crippen LogP contribution in [0.5, 0.6) is 5.75 Å². The molecule has 0 atom stereocenters. The van der Waals surface area contributed by atoms with Gasteiger partial charge in [-0.2, -0.15) is 0 Å². The fourth-order valence-electron chi connectivity index (χ4n) is 6.37. The average molecular weight is 482 g/mol. The van der Waals surface area contributed by atoms with Gasteiger partial charge in [0.25, 0.3) is 0 Å². The molecule has 1 spiro atoms. The number of piperidine rings is 1. The number of hydrogen-bond acceptors (Lipinski definition) is 4. The highest BCUT2D eigenvalue weighted by Gasteiger charge is 2.38. The molecule has 3 fully saturated rings. The van der Waals surface area contributed by atoms with Gasteiger partial charge in [0.15, 0.2) is 0 Å². The fraction of sp³-hybridized carbons (Fsp3) is 0.724. The molecule has 1 aliphatic carbocycles. The number of carbonyl (C=O) groups excluding carboxylic acids is 2. The number of rotatable bonds is 5. The molecule has 0 radical (unpaired) electrons. The molecule has 3 aliphatic heterocycles. The molecule has 0 N–H and O–H groups in total. The third-order valence-corrected chi connectivity index (χ3v) is 8.76. The lowest BCUT2D eigenvalue weighted by molar-refractivity contribution is -0.135. The van der Waals surface area contributed by atoms with Crippen LogP contribution >= 0.6 is 0 Å². The van der Waals surface area contributed by atoms with Gasteiger partial charge in [-0.3, -0.25) is 14.5 Å². The standard InChI is InChI=1S/C29H43N3O3/c33-27-9-5-16-31(27)17-12-28(34)32-18-14-29(15-19-32)13-4-3-7-25-6-1-2-8-26(25)35-21-20-30(23-29)22-24-10-11-24/h1-2,6,8,24H,3-5,7,9-23H2. The van der Waals surface area contributed by atoms with Gasteiger partial charge in [0.1, 0.15) is 12.4 Å². The first-order valence-electron chi connectivity index (χ1n) is 14.1. The molecule has 4 aliphatic rings. The van der Waals surface area contributed by atoms with Crippen LogP contribution in [0.25, 0.3) is 0 Å². The summed E-state index contributed by atoms with van der Waals surface area (Å²) < 4.78 is 6.27. The highest BCUT2D eigenvalue weighted by atomic mass is 16.5. The molecule has 2 amide bonds. The van der Waals surface area contributed by atoms with E-state index >= 15 is 0 Å². The largest absolute Gasteiger partial charge is 0.492 e. The summed E-state index contributed by atoms with van der Waals surface area (Å²) in [5.74, 6) is 2.37. The van der Waals surface area contributed by atoms with Crippen molar-refractivity contribution in [1.82, 2.24) is 14.7 Å². The van der Waals surface area contributed by atoms with Crippen LogP contribution in [-0.4, -0.2) is 78.9 Å². The Hall–Kier alpha value is -2.08. The Bertz CT molecular complexity index is 876. The Kier molecular flexibility index (Phi) is 7.96. The van der Waals surface area contributed by atoms with Crippen molar-refractivity contribution in [2.24, 2.45) is 11.3 Å². The van der Waals surface area contributed by atoms with Crippen LogP contribution < -0.4 is 4.74 Å². The van der Waals surface area contributed by atoms with E-state index in [0.717, 1.165) is 76.7 Å². The second-order valence-electron chi connectivity index (χ2n) is 11.5. The first-order chi connectivity index (χ1) is 17.1. The molecular formula is C29H43N3O3. The summed E-state index contributed by atoms with van der Waals surface area (Å²) >= 11 is 0. The summed E-state index contributed by atoms with van der Waals surface area (Å²) in [6.07, 6.45) is 11.8. The zero-order valence-electron chi connectivity index (χ0n) is 21.4. The maximum Gasteiger partial charge on any atom is 0.224 e. The Labute approximate surface area is 211 Å². The fourth-order valence-corrected chi connectivity index (χ4v) is 6.37. The maximum absolute atomic E-state index is 12.9. The van der Waals surface area contributed by atoms with Gasteiger partial charge in [0, 0.05) is 58.7 Å². The lowest BCUT2D eigenvalue weighted by Gasteiger charge is -2.45. The van der Waals surface area contributed by atoms with Gasteiger partial charge < -0.3 is 14.5 Å². The van der Waals surface area contributed by atoms with E-state index in [-0.39, 0.29) is 11.8 Å².